The maximum absolute atomic E-state index is 4.97. The number of fused-ring (bicyclic) bond motifs is 1. The molecule has 2 aromatic heterocycles. The van der Waals surface area contributed by atoms with Gasteiger partial charge in [-0.2, -0.15) is 0 Å². The molecule has 0 saturated carbocycles. The van der Waals surface area contributed by atoms with Crippen LogP contribution < -0.4 is 9.80 Å². The number of pyridine rings is 1. The second-order valence-electron chi connectivity index (χ2n) is 10.5. The summed E-state index contributed by atoms with van der Waals surface area (Å²) in [4.78, 5) is 9.54. The van der Waals surface area contributed by atoms with E-state index in [1.165, 1.54) is 5.56 Å². The lowest BCUT2D eigenvalue weighted by atomic mass is 10.1. The molecule has 0 atom stereocenters. The van der Waals surface area contributed by atoms with Gasteiger partial charge in [0.1, 0.15) is 5.65 Å². The van der Waals surface area contributed by atoms with Crippen LogP contribution in [0.1, 0.15) is 12.5 Å². The van der Waals surface area contributed by atoms with E-state index in [1.54, 1.807) is 0 Å². The number of hydrogen-bond acceptors (Lipinski definition) is 3. The Kier molecular flexibility index (Phi) is 7.16. The van der Waals surface area contributed by atoms with Gasteiger partial charge in [-0.15, -0.1) is 0 Å². The van der Waals surface area contributed by atoms with E-state index >= 15 is 0 Å². The van der Waals surface area contributed by atoms with Crippen LogP contribution >= 0.6 is 0 Å². The second kappa shape index (κ2) is 11.7. The fourth-order valence-electron chi connectivity index (χ4n) is 5.64. The van der Waals surface area contributed by atoms with Gasteiger partial charge in [0.2, 0.25) is 0 Å². The SMILES string of the molecule is CCc1cccn2cc(-c3ccc(N(c4ccccc4)c4ccc(N(c5ccccc5)c5ccccc5)cc4)cc3)nc12. The van der Waals surface area contributed by atoms with Gasteiger partial charge in [-0.3, -0.25) is 0 Å². The van der Waals surface area contributed by atoms with E-state index in [4.69, 9.17) is 4.98 Å². The normalized spacial score (nSPS) is 11.0. The predicted molar refractivity (Wildman–Crippen MR) is 179 cm³/mol. The van der Waals surface area contributed by atoms with Crippen molar-refractivity contribution >= 4 is 39.8 Å². The fraction of sp³-hybridized carbons (Fsp3) is 0.0513. The molecule has 4 heteroatoms. The number of hydrogen-bond donors (Lipinski definition) is 0. The Morgan fingerprint density at radius 1 is 0.488 bits per heavy atom. The zero-order valence-corrected chi connectivity index (χ0v) is 24.1. The van der Waals surface area contributed by atoms with Gasteiger partial charge in [-0.25, -0.2) is 4.98 Å². The van der Waals surface area contributed by atoms with Crippen molar-refractivity contribution in [2.75, 3.05) is 9.80 Å². The molecule has 0 N–H and O–H groups in total. The van der Waals surface area contributed by atoms with Crippen molar-refractivity contribution in [3.05, 3.63) is 170 Å². The monoisotopic (exact) mass is 556 g/mol. The van der Waals surface area contributed by atoms with Gasteiger partial charge in [0.05, 0.1) is 5.69 Å². The van der Waals surface area contributed by atoms with E-state index in [9.17, 15) is 0 Å². The molecule has 0 aliphatic carbocycles. The second-order valence-corrected chi connectivity index (χ2v) is 10.5. The first-order valence-electron chi connectivity index (χ1n) is 14.7. The number of aryl methyl sites for hydroxylation is 1. The molecule has 5 aromatic carbocycles. The molecule has 0 aliphatic rings. The molecule has 0 aliphatic heterocycles. The maximum atomic E-state index is 4.97. The average molecular weight is 557 g/mol. The highest BCUT2D eigenvalue weighted by atomic mass is 15.2. The van der Waals surface area contributed by atoms with Crippen molar-refractivity contribution in [1.82, 2.24) is 9.38 Å². The van der Waals surface area contributed by atoms with E-state index in [0.717, 1.165) is 57.4 Å². The maximum Gasteiger partial charge on any atom is 0.140 e. The minimum Gasteiger partial charge on any atom is -0.311 e. The highest BCUT2D eigenvalue weighted by Gasteiger charge is 2.16. The topological polar surface area (TPSA) is 23.8 Å². The Balaban J connectivity index is 1.25. The molecule has 208 valence electrons. The van der Waals surface area contributed by atoms with Gasteiger partial charge >= 0.3 is 0 Å². The predicted octanol–water partition coefficient (Wildman–Crippen LogP) is 10.5. The van der Waals surface area contributed by atoms with Crippen LogP contribution in [0.2, 0.25) is 0 Å². The molecule has 0 amide bonds. The average Bonchev–Trinajstić information content (AvgIpc) is 3.52. The number of rotatable bonds is 8. The molecule has 7 aromatic rings. The molecule has 0 unspecified atom stereocenters. The standard InChI is InChI=1S/C39H32N4/c1-2-30-13-12-28-41-29-38(40-39(30)41)31-20-22-35(23-21-31)43(34-18-10-5-11-19-34)37-26-24-36(25-27-37)42(32-14-6-3-7-15-32)33-16-8-4-9-17-33/h3-29H,2H2,1H3. The Hall–Kier alpha value is -5.61. The van der Waals surface area contributed by atoms with Crippen LogP contribution in [0.15, 0.2) is 164 Å². The lowest BCUT2D eigenvalue weighted by Gasteiger charge is -2.28. The van der Waals surface area contributed by atoms with Crippen LogP contribution in [-0.2, 0) is 6.42 Å². The third kappa shape index (κ3) is 5.27. The highest BCUT2D eigenvalue weighted by molar-refractivity contribution is 5.81. The van der Waals surface area contributed by atoms with Gasteiger partial charge in [0.25, 0.3) is 0 Å². The summed E-state index contributed by atoms with van der Waals surface area (Å²) in [5.74, 6) is 0. The summed E-state index contributed by atoms with van der Waals surface area (Å²) in [6.45, 7) is 2.17. The quantitative estimate of drug-likeness (QED) is 0.186. The molecule has 7 rings (SSSR count). The van der Waals surface area contributed by atoms with Gasteiger partial charge < -0.3 is 14.2 Å². The van der Waals surface area contributed by atoms with Crippen molar-refractivity contribution < 1.29 is 0 Å². The minimum atomic E-state index is 0.957. The van der Waals surface area contributed by atoms with Crippen molar-refractivity contribution in [2.24, 2.45) is 0 Å². The number of benzene rings is 5. The smallest absolute Gasteiger partial charge is 0.140 e. The third-order valence-corrected chi connectivity index (χ3v) is 7.78. The van der Waals surface area contributed by atoms with E-state index in [2.05, 4.69) is 185 Å². The van der Waals surface area contributed by atoms with E-state index < -0.39 is 0 Å². The summed E-state index contributed by atoms with van der Waals surface area (Å²) in [7, 11) is 0. The zero-order valence-electron chi connectivity index (χ0n) is 24.1. The summed E-state index contributed by atoms with van der Waals surface area (Å²) < 4.78 is 2.12. The Labute approximate surface area is 252 Å². The highest BCUT2D eigenvalue weighted by Crippen LogP contribution is 2.39. The lowest BCUT2D eigenvalue weighted by Crippen LogP contribution is -2.12. The number of para-hydroxylation sites is 3. The molecule has 0 bridgehead atoms. The third-order valence-electron chi connectivity index (χ3n) is 7.78. The summed E-state index contributed by atoms with van der Waals surface area (Å²) in [6, 6.07) is 53.2. The fourth-order valence-corrected chi connectivity index (χ4v) is 5.64. The Bertz CT molecular complexity index is 1890. The van der Waals surface area contributed by atoms with Crippen LogP contribution in [0, 0.1) is 0 Å². The van der Waals surface area contributed by atoms with Gasteiger partial charge in [-0.05, 0) is 90.8 Å². The summed E-state index contributed by atoms with van der Waals surface area (Å²) in [5.41, 5.74) is 11.0. The first kappa shape index (κ1) is 26.3. The van der Waals surface area contributed by atoms with Gasteiger partial charge in [-0.1, -0.05) is 79.7 Å². The molecule has 0 spiro atoms. The summed E-state index contributed by atoms with van der Waals surface area (Å²) >= 11 is 0. The number of imidazole rings is 1. The molecule has 0 fully saturated rings. The number of nitrogens with zero attached hydrogens (tertiary/aromatic N) is 4. The van der Waals surface area contributed by atoms with Crippen LogP contribution in [0.25, 0.3) is 16.9 Å². The van der Waals surface area contributed by atoms with Crippen molar-refractivity contribution in [3.63, 3.8) is 0 Å². The molecular weight excluding hydrogens is 524 g/mol. The first-order chi connectivity index (χ1) is 21.3. The zero-order chi connectivity index (χ0) is 29.0. The number of aromatic nitrogens is 2. The van der Waals surface area contributed by atoms with Gasteiger partial charge in [0, 0.05) is 52.1 Å². The van der Waals surface area contributed by atoms with Crippen LogP contribution in [0.3, 0.4) is 0 Å². The minimum absolute atomic E-state index is 0.957. The summed E-state index contributed by atoms with van der Waals surface area (Å²) in [6.07, 6.45) is 5.14. The van der Waals surface area contributed by atoms with Crippen LogP contribution in [-0.4, -0.2) is 9.38 Å². The summed E-state index contributed by atoms with van der Waals surface area (Å²) in [5, 5.41) is 0. The van der Waals surface area contributed by atoms with Gasteiger partial charge in [0.15, 0.2) is 0 Å². The Morgan fingerprint density at radius 2 is 0.907 bits per heavy atom. The van der Waals surface area contributed by atoms with Crippen LogP contribution in [0.4, 0.5) is 34.1 Å². The molecule has 4 nitrogen and oxygen atoms in total. The Morgan fingerprint density at radius 3 is 1.35 bits per heavy atom. The van der Waals surface area contributed by atoms with Crippen molar-refractivity contribution in [2.45, 2.75) is 13.3 Å². The van der Waals surface area contributed by atoms with Crippen LogP contribution in [0.5, 0.6) is 0 Å². The first-order valence-corrected chi connectivity index (χ1v) is 14.7. The molecular formula is C39H32N4. The molecule has 43 heavy (non-hydrogen) atoms. The van der Waals surface area contributed by atoms with E-state index in [-0.39, 0.29) is 0 Å². The number of anilines is 6. The molecule has 2 heterocycles. The largest absolute Gasteiger partial charge is 0.311 e. The van der Waals surface area contributed by atoms with Crippen molar-refractivity contribution in [3.8, 4) is 11.3 Å². The molecule has 0 saturated heterocycles. The lowest BCUT2D eigenvalue weighted by molar-refractivity contribution is 1.08. The van der Waals surface area contributed by atoms with E-state index in [1.807, 2.05) is 0 Å². The molecule has 0 radical (unpaired) electrons. The van der Waals surface area contributed by atoms with Crippen molar-refractivity contribution in [1.29, 1.82) is 0 Å². The van der Waals surface area contributed by atoms with E-state index in [0.29, 0.717) is 0 Å².